The molecule has 0 aliphatic heterocycles. The van der Waals surface area contributed by atoms with Crippen molar-refractivity contribution in [1.82, 2.24) is 0 Å². The third-order valence-electron chi connectivity index (χ3n) is 6.80. The number of rotatable bonds is 0. The number of carbonyl (C=O) groups excluding carboxylic acids is 1. The molecule has 0 amide bonds. The van der Waals surface area contributed by atoms with E-state index in [0.717, 1.165) is 43.9 Å². The Bertz CT molecular complexity index is 439. The van der Waals surface area contributed by atoms with E-state index >= 15 is 0 Å². The van der Waals surface area contributed by atoms with Crippen molar-refractivity contribution in [2.24, 2.45) is 23.2 Å². The van der Waals surface area contributed by atoms with E-state index in [0.29, 0.717) is 11.7 Å². The maximum Gasteiger partial charge on any atom is 0.155 e. The average molecular weight is 290 g/mol. The summed E-state index contributed by atoms with van der Waals surface area (Å²) in [7, 11) is 0. The first-order chi connectivity index (χ1) is 10.0. The number of fused-ring (bicyclic) bond motifs is 3. The van der Waals surface area contributed by atoms with Gasteiger partial charge in [0.2, 0.25) is 0 Å². The maximum atomic E-state index is 11.8. The van der Waals surface area contributed by atoms with Crippen molar-refractivity contribution < 1.29 is 9.90 Å². The molecule has 3 aliphatic rings. The minimum absolute atomic E-state index is 0.110. The van der Waals surface area contributed by atoms with Gasteiger partial charge in [0.1, 0.15) is 0 Å². The Labute approximate surface area is 129 Å². The van der Waals surface area contributed by atoms with Crippen LogP contribution in [0.4, 0.5) is 0 Å². The predicted molar refractivity (Wildman–Crippen MR) is 84.9 cm³/mol. The maximum absolute atomic E-state index is 11.8. The highest BCUT2D eigenvalue weighted by Gasteiger charge is 2.46. The summed E-state index contributed by atoms with van der Waals surface area (Å²) in [6.45, 7) is 4.62. The zero-order valence-electron chi connectivity index (χ0n) is 13.6. The highest BCUT2D eigenvalue weighted by atomic mass is 16.3. The van der Waals surface area contributed by atoms with Gasteiger partial charge in [0.05, 0.1) is 6.10 Å². The summed E-state index contributed by atoms with van der Waals surface area (Å²) in [5.74, 6) is 2.29. The summed E-state index contributed by atoms with van der Waals surface area (Å²) in [4.78, 5) is 11.8. The molecule has 5 atom stereocenters. The van der Waals surface area contributed by atoms with Crippen LogP contribution in [-0.2, 0) is 4.79 Å². The van der Waals surface area contributed by atoms with Crippen LogP contribution >= 0.6 is 0 Å². The normalized spacial score (nSPS) is 44.7. The molecule has 0 aromatic rings. The van der Waals surface area contributed by atoms with E-state index < -0.39 is 0 Å². The van der Waals surface area contributed by atoms with Crippen LogP contribution in [-0.4, -0.2) is 17.0 Å². The minimum Gasteiger partial charge on any atom is -0.393 e. The van der Waals surface area contributed by atoms with E-state index in [9.17, 15) is 9.90 Å². The molecule has 2 heteroatoms. The van der Waals surface area contributed by atoms with Gasteiger partial charge in [-0.05, 0) is 67.8 Å². The van der Waals surface area contributed by atoms with E-state index in [2.05, 4.69) is 13.8 Å². The van der Waals surface area contributed by atoms with Crippen LogP contribution in [0.5, 0.6) is 0 Å². The fourth-order valence-electron chi connectivity index (χ4n) is 5.23. The summed E-state index contributed by atoms with van der Waals surface area (Å²) in [5.41, 5.74) is 1.69. The molecule has 0 aromatic carbocycles. The molecule has 118 valence electrons. The van der Waals surface area contributed by atoms with E-state index in [4.69, 9.17) is 0 Å². The first-order valence-corrected chi connectivity index (χ1v) is 8.92. The second kappa shape index (κ2) is 5.87. The summed E-state index contributed by atoms with van der Waals surface area (Å²) in [6, 6.07) is 0. The van der Waals surface area contributed by atoms with Crippen LogP contribution in [0.15, 0.2) is 11.6 Å². The van der Waals surface area contributed by atoms with Gasteiger partial charge in [-0.3, -0.25) is 4.79 Å². The van der Waals surface area contributed by atoms with Crippen molar-refractivity contribution in [1.29, 1.82) is 0 Å². The lowest BCUT2D eigenvalue weighted by Gasteiger charge is -2.50. The lowest BCUT2D eigenvalue weighted by molar-refractivity contribution is -0.116. The molecule has 5 unspecified atom stereocenters. The van der Waals surface area contributed by atoms with Crippen molar-refractivity contribution in [2.45, 2.75) is 77.7 Å². The summed E-state index contributed by atoms with van der Waals surface area (Å²) < 4.78 is 0. The Morgan fingerprint density at radius 3 is 2.76 bits per heavy atom. The van der Waals surface area contributed by atoms with Crippen LogP contribution in [0.25, 0.3) is 0 Å². The smallest absolute Gasteiger partial charge is 0.155 e. The van der Waals surface area contributed by atoms with Crippen molar-refractivity contribution >= 4 is 5.78 Å². The van der Waals surface area contributed by atoms with Crippen molar-refractivity contribution in [2.75, 3.05) is 0 Å². The molecule has 1 N–H and O–H groups in total. The highest BCUT2D eigenvalue weighted by molar-refractivity contribution is 5.91. The quantitative estimate of drug-likeness (QED) is 0.723. The largest absolute Gasteiger partial charge is 0.393 e. The molecule has 3 rings (SSSR count). The lowest BCUT2D eigenvalue weighted by atomic mass is 9.54. The van der Waals surface area contributed by atoms with Crippen LogP contribution in [0.3, 0.4) is 0 Å². The Morgan fingerprint density at radius 2 is 1.95 bits per heavy atom. The molecule has 0 saturated heterocycles. The fraction of sp³-hybridized carbons (Fsp3) is 0.842. The molecule has 0 aromatic heterocycles. The van der Waals surface area contributed by atoms with E-state index in [1.54, 1.807) is 0 Å². The van der Waals surface area contributed by atoms with Crippen LogP contribution < -0.4 is 0 Å². The molecule has 2 saturated carbocycles. The van der Waals surface area contributed by atoms with Gasteiger partial charge in [-0.2, -0.15) is 0 Å². The van der Waals surface area contributed by atoms with Gasteiger partial charge in [0.25, 0.3) is 0 Å². The zero-order valence-corrected chi connectivity index (χ0v) is 13.6. The number of aliphatic hydroxyl groups is 1. The molecule has 2 nitrogen and oxygen atoms in total. The van der Waals surface area contributed by atoms with Gasteiger partial charge in [-0.25, -0.2) is 0 Å². The number of carbonyl (C=O) groups is 1. The summed E-state index contributed by atoms with van der Waals surface area (Å²) in [5, 5.41) is 10.2. The molecular weight excluding hydrogens is 260 g/mol. The van der Waals surface area contributed by atoms with Gasteiger partial charge in [0, 0.05) is 6.42 Å². The molecule has 21 heavy (non-hydrogen) atoms. The standard InChI is InChI=1S/C19H30O2/c1-13-6-9-17-14(4-3-5-18(13)21)7-8-15-12-16(20)10-11-19(15,17)2/h12-14,17-18,21H,3-11H2,1-2H3. The average Bonchev–Trinajstić information content (AvgIpc) is 2.52. The number of allylic oxidation sites excluding steroid dienone is 2. The van der Waals surface area contributed by atoms with E-state index in [-0.39, 0.29) is 11.5 Å². The van der Waals surface area contributed by atoms with Gasteiger partial charge >= 0.3 is 0 Å². The van der Waals surface area contributed by atoms with E-state index in [1.807, 2.05) is 6.08 Å². The second-order valence-electron chi connectivity index (χ2n) is 8.01. The fourth-order valence-corrected chi connectivity index (χ4v) is 5.23. The molecule has 0 bridgehead atoms. The monoisotopic (exact) mass is 290 g/mol. The minimum atomic E-state index is -0.110. The Balaban J connectivity index is 1.86. The van der Waals surface area contributed by atoms with Crippen LogP contribution in [0.2, 0.25) is 0 Å². The molecule has 0 spiro atoms. The van der Waals surface area contributed by atoms with Crippen LogP contribution in [0, 0.1) is 23.2 Å². The zero-order chi connectivity index (χ0) is 15.0. The molecule has 0 heterocycles. The number of aliphatic hydroxyl groups excluding tert-OH is 1. The molecule has 3 aliphatic carbocycles. The van der Waals surface area contributed by atoms with Gasteiger partial charge in [-0.1, -0.05) is 32.3 Å². The molecule has 2 fully saturated rings. The number of hydrogen-bond acceptors (Lipinski definition) is 2. The summed E-state index contributed by atoms with van der Waals surface area (Å²) >= 11 is 0. The molecule has 0 radical (unpaired) electrons. The third-order valence-corrected chi connectivity index (χ3v) is 6.80. The van der Waals surface area contributed by atoms with Gasteiger partial charge in [0.15, 0.2) is 5.78 Å². The Hall–Kier alpha value is -0.630. The summed E-state index contributed by atoms with van der Waals surface area (Å²) in [6.07, 6.45) is 11.8. The first kappa shape index (κ1) is 15.3. The Kier molecular flexibility index (Phi) is 4.27. The third kappa shape index (κ3) is 2.84. The van der Waals surface area contributed by atoms with Crippen molar-refractivity contribution in [3.63, 3.8) is 0 Å². The topological polar surface area (TPSA) is 37.3 Å². The van der Waals surface area contributed by atoms with Crippen molar-refractivity contribution in [3.8, 4) is 0 Å². The van der Waals surface area contributed by atoms with Crippen molar-refractivity contribution in [3.05, 3.63) is 11.6 Å². The predicted octanol–water partition coefficient (Wildman–Crippen LogP) is 4.27. The van der Waals surface area contributed by atoms with Gasteiger partial charge < -0.3 is 5.11 Å². The first-order valence-electron chi connectivity index (χ1n) is 8.92. The second-order valence-corrected chi connectivity index (χ2v) is 8.01. The number of hydrogen-bond donors (Lipinski definition) is 1. The highest BCUT2D eigenvalue weighted by Crippen LogP contribution is 2.55. The lowest BCUT2D eigenvalue weighted by Crippen LogP contribution is -2.41. The number of ketones is 1. The van der Waals surface area contributed by atoms with Crippen LogP contribution in [0.1, 0.15) is 71.6 Å². The SMILES string of the molecule is CC1CCC2C(CCCC1O)CCC1=CC(=O)CCC12C. The van der Waals surface area contributed by atoms with Gasteiger partial charge in [-0.15, -0.1) is 0 Å². The molecular formula is C19H30O2. The van der Waals surface area contributed by atoms with E-state index in [1.165, 1.54) is 31.3 Å². The Morgan fingerprint density at radius 1 is 1.14 bits per heavy atom.